The van der Waals surface area contributed by atoms with Gasteiger partial charge in [0.25, 0.3) is 5.91 Å². The number of hydrogen-bond donors (Lipinski definition) is 2. The van der Waals surface area contributed by atoms with Crippen molar-refractivity contribution >= 4 is 5.91 Å². The molecule has 0 saturated carbocycles. The zero-order valence-corrected chi connectivity index (χ0v) is 6.49. The smallest absolute Gasteiger partial charge is 0.290 e. The Bertz CT molecular complexity index is 227. The van der Waals surface area contributed by atoms with Crippen molar-refractivity contribution in [1.82, 2.24) is 10.4 Å². The maximum atomic E-state index is 10.7. The first-order valence-electron chi connectivity index (χ1n) is 2.75. The van der Waals surface area contributed by atoms with Gasteiger partial charge < -0.3 is 0 Å². The molecule has 0 bridgehead atoms. The SMILES string of the molecule is NNC(=O)c1ccncc1.[Cu+]. The summed E-state index contributed by atoms with van der Waals surface area (Å²) in [6, 6.07) is 3.17. The van der Waals surface area contributed by atoms with Crippen LogP contribution in [0, 0.1) is 0 Å². The summed E-state index contributed by atoms with van der Waals surface area (Å²) in [6.07, 6.45) is 3.06. The summed E-state index contributed by atoms with van der Waals surface area (Å²) >= 11 is 0. The fraction of sp³-hybridized carbons (Fsp3) is 0. The molecule has 1 amide bonds. The Morgan fingerprint density at radius 3 is 2.45 bits per heavy atom. The maximum absolute atomic E-state index is 10.7. The number of hydrazine groups is 1. The average molecular weight is 201 g/mol. The van der Waals surface area contributed by atoms with E-state index in [2.05, 4.69) is 4.98 Å². The van der Waals surface area contributed by atoms with Gasteiger partial charge in [0.1, 0.15) is 0 Å². The van der Waals surface area contributed by atoms with Gasteiger partial charge in [-0.25, -0.2) is 5.84 Å². The minimum absolute atomic E-state index is 0. The molecule has 5 heteroatoms. The van der Waals surface area contributed by atoms with Crippen LogP contribution >= 0.6 is 0 Å². The summed E-state index contributed by atoms with van der Waals surface area (Å²) in [5.74, 6) is 4.58. The number of carbonyl (C=O) groups is 1. The second-order valence-corrected chi connectivity index (χ2v) is 1.71. The second-order valence-electron chi connectivity index (χ2n) is 1.71. The molecule has 0 aliphatic rings. The fourth-order valence-corrected chi connectivity index (χ4v) is 0.587. The maximum Gasteiger partial charge on any atom is 1.00 e. The van der Waals surface area contributed by atoms with Gasteiger partial charge in [0, 0.05) is 18.0 Å². The first-order chi connectivity index (χ1) is 4.84. The Morgan fingerprint density at radius 1 is 1.45 bits per heavy atom. The zero-order valence-electron chi connectivity index (χ0n) is 5.54. The van der Waals surface area contributed by atoms with E-state index in [4.69, 9.17) is 5.84 Å². The summed E-state index contributed by atoms with van der Waals surface area (Å²) < 4.78 is 0. The number of hydrogen-bond acceptors (Lipinski definition) is 3. The van der Waals surface area contributed by atoms with Gasteiger partial charge in [0.15, 0.2) is 0 Å². The van der Waals surface area contributed by atoms with Crippen LogP contribution in [0.1, 0.15) is 10.4 Å². The van der Waals surface area contributed by atoms with Gasteiger partial charge in [0.2, 0.25) is 0 Å². The molecule has 1 heterocycles. The largest absolute Gasteiger partial charge is 1.00 e. The first kappa shape index (κ1) is 10.1. The van der Waals surface area contributed by atoms with Crippen LogP contribution in [0.4, 0.5) is 0 Å². The summed E-state index contributed by atoms with van der Waals surface area (Å²) in [5.41, 5.74) is 2.53. The number of amides is 1. The number of nitrogens with two attached hydrogens (primary N) is 1. The second kappa shape index (κ2) is 4.85. The molecule has 11 heavy (non-hydrogen) atoms. The number of rotatable bonds is 1. The van der Waals surface area contributed by atoms with Gasteiger partial charge in [-0.15, -0.1) is 0 Å². The van der Waals surface area contributed by atoms with Crippen LogP contribution in [0.3, 0.4) is 0 Å². The van der Waals surface area contributed by atoms with E-state index in [9.17, 15) is 4.79 Å². The average Bonchev–Trinajstić information content (AvgIpc) is 2.05. The van der Waals surface area contributed by atoms with Crippen molar-refractivity contribution in [3.05, 3.63) is 30.1 Å². The summed E-state index contributed by atoms with van der Waals surface area (Å²) in [6.45, 7) is 0. The van der Waals surface area contributed by atoms with Crippen LogP contribution < -0.4 is 11.3 Å². The molecular weight excluding hydrogens is 194 g/mol. The van der Waals surface area contributed by atoms with Crippen LogP contribution in [-0.2, 0) is 17.1 Å². The van der Waals surface area contributed by atoms with E-state index in [1.807, 2.05) is 5.43 Å². The summed E-state index contributed by atoms with van der Waals surface area (Å²) in [5, 5.41) is 0. The topological polar surface area (TPSA) is 68.0 Å². The van der Waals surface area contributed by atoms with E-state index in [0.717, 1.165) is 0 Å². The summed E-state index contributed by atoms with van der Waals surface area (Å²) in [7, 11) is 0. The number of aromatic nitrogens is 1. The van der Waals surface area contributed by atoms with E-state index in [0.29, 0.717) is 5.56 Å². The molecule has 1 aromatic rings. The Hall–Kier alpha value is -0.901. The van der Waals surface area contributed by atoms with E-state index in [1.54, 1.807) is 12.1 Å². The van der Waals surface area contributed by atoms with Crippen molar-refractivity contribution in [3.63, 3.8) is 0 Å². The molecule has 0 atom stereocenters. The van der Waals surface area contributed by atoms with Gasteiger partial charge in [0.05, 0.1) is 0 Å². The van der Waals surface area contributed by atoms with Crippen LogP contribution in [0.2, 0.25) is 0 Å². The monoisotopic (exact) mass is 200 g/mol. The Morgan fingerprint density at radius 2 is 2.00 bits per heavy atom. The van der Waals surface area contributed by atoms with Gasteiger partial charge in [-0.05, 0) is 12.1 Å². The quantitative estimate of drug-likeness (QED) is 0.283. The van der Waals surface area contributed by atoms with Crippen molar-refractivity contribution in [3.8, 4) is 0 Å². The van der Waals surface area contributed by atoms with E-state index < -0.39 is 0 Å². The molecule has 0 radical (unpaired) electrons. The molecule has 0 aliphatic carbocycles. The molecule has 3 N–H and O–H groups in total. The molecule has 0 unspecified atom stereocenters. The van der Waals surface area contributed by atoms with E-state index in [-0.39, 0.29) is 23.0 Å². The zero-order chi connectivity index (χ0) is 7.40. The minimum atomic E-state index is -0.303. The molecule has 0 aliphatic heterocycles. The molecule has 62 valence electrons. The van der Waals surface area contributed by atoms with Crippen molar-refractivity contribution in [1.29, 1.82) is 0 Å². The normalized spacial score (nSPS) is 8.09. The summed E-state index contributed by atoms with van der Waals surface area (Å²) in [4.78, 5) is 14.5. The Kier molecular flexibility index (Phi) is 4.45. The van der Waals surface area contributed by atoms with Crippen LogP contribution in [0.5, 0.6) is 0 Å². The van der Waals surface area contributed by atoms with Crippen LogP contribution in [-0.4, -0.2) is 10.9 Å². The predicted octanol–water partition coefficient (Wildman–Crippen LogP) is -0.317. The number of carbonyl (C=O) groups excluding carboxylic acids is 1. The van der Waals surface area contributed by atoms with Gasteiger partial charge in [-0.2, -0.15) is 0 Å². The third-order valence-corrected chi connectivity index (χ3v) is 1.07. The van der Waals surface area contributed by atoms with E-state index >= 15 is 0 Å². The minimum Gasteiger partial charge on any atom is -0.290 e. The van der Waals surface area contributed by atoms with Crippen molar-refractivity contribution in [2.75, 3.05) is 0 Å². The molecule has 1 rings (SSSR count). The van der Waals surface area contributed by atoms with Crippen molar-refractivity contribution in [2.24, 2.45) is 5.84 Å². The van der Waals surface area contributed by atoms with Crippen molar-refractivity contribution < 1.29 is 21.9 Å². The molecule has 0 fully saturated rings. The Balaban J connectivity index is 0.000001000. The molecule has 1 aromatic heterocycles. The number of nitrogens with zero attached hydrogens (tertiary/aromatic N) is 1. The van der Waals surface area contributed by atoms with Gasteiger partial charge in [-0.1, -0.05) is 0 Å². The van der Waals surface area contributed by atoms with Crippen molar-refractivity contribution in [2.45, 2.75) is 0 Å². The standard InChI is InChI=1S/C6H7N3O.Cu/c7-9-6(10)5-1-3-8-4-2-5;/h1-4H,7H2,(H,9,10);/q;+1. The number of nitrogens with one attached hydrogen (secondary N) is 1. The Labute approximate surface area is 74.6 Å². The fourth-order valence-electron chi connectivity index (χ4n) is 0.587. The molecule has 0 spiro atoms. The molecule has 0 saturated heterocycles. The number of nitrogen functional groups attached to an aromatic ring is 1. The molecule has 4 nitrogen and oxygen atoms in total. The predicted molar refractivity (Wildman–Crippen MR) is 35.9 cm³/mol. The first-order valence-corrected chi connectivity index (χ1v) is 2.75. The number of pyridine rings is 1. The van der Waals surface area contributed by atoms with Gasteiger partial charge >= 0.3 is 17.1 Å². The third-order valence-electron chi connectivity index (χ3n) is 1.07. The van der Waals surface area contributed by atoms with Gasteiger partial charge in [-0.3, -0.25) is 15.2 Å². The molecular formula is C6H7CuN3O+. The third kappa shape index (κ3) is 2.67. The van der Waals surface area contributed by atoms with E-state index in [1.165, 1.54) is 12.4 Å². The van der Waals surface area contributed by atoms with Crippen LogP contribution in [0.25, 0.3) is 0 Å². The van der Waals surface area contributed by atoms with Crippen LogP contribution in [0.15, 0.2) is 24.5 Å². The molecule has 0 aromatic carbocycles.